The van der Waals surface area contributed by atoms with Gasteiger partial charge in [0.05, 0.1) is 5.56 Å². The number of benzene rings is 1. The van der Waals surface area contributed by atoms with Gasteiger partial charge in [-0.1, -0.05) is 17.7 Å². The Morgan fingerprint density at radius 1 is 1.31 bits per heavy atom. The van der Waals surface area contributed by atoms with Crippen molar-refractivity contribution in [2.75, 3.05) is 6.54 Å². The summed E-state index contributed by atoms with van der Waals surface area (Å²) >= 11 is 5.57. The van der Waals surface area contributed by atoms with Gasteiger partial charge in [-0.25, -0.2) is 0 Å². The van der Waals surface area contributed by atoms with Crippen LogP contribution in [0.5, 0.6) is 0 Å². The van der Waals surface area contributed by atoms with E-state index < -0.39 is 11.7 Å². The maximum atomic E-state index is 12.7. The molecule has 2 rings (SSSR count). The summed E-state index contributed by atoms with van der Waals surface area (Å²) in [6.07, 6.45) is -3.60. The minimum atomic E-state index is -4.34. The highest BCUT2D eigenvalue weighted by Gasteiger charge is 2.36. The zero-order valence-corrected chi connectivity index (χ0v) is 9.72. The van der Waals surface area contributed by atoms with E-state index in [2.05, 4.69) is 5.32 Å². The van der Waals surface area contributed by atoms with E-state index in [4.69, 9.17) is 11.6 Å². The van der Waals surface area contributed by atoms with E-state index in [0.29, 0.717) is 0 Å². The molecule has 6 heteroatoms. The first kappa shape index (κ1) is 13.6. The van der Waals surface area contributed by atoms with Crippen LogP contribution in [0.25, 0.3) is 0 Å². The van der Waals surface area contributed by atoms with E-state index in [1.165, 1.54) is 12.1 Å². The third-order valence-corrected chi connectivity index (χ3v) is 2.76. The predicted octanol–water partition coefficient (Wildman–Crippen LogP) is 3.82. The molecule has 1 heterocycles. The molecule has 1 fully saturated rings. The molecule has 1 aromatic rings. The summed E-state index contributed by atoms with van der Waals surface area (Å²) in [6, 6.07) is 3.74. The molecular formula is C10H10Cl2F3N. The summed E-state index contributed by atoms with van der Waals surface area (Å²) in [5, 5.41) is 3.07. The fourth-order valence-electron chi connectivity index (χ4n) is 1.63. The van der Waals surface area contributed by atoms with E-state index in [-0.39, 0.29) is 29.0 Å². The highest BCUT2D eigenvalue weighted by atomic mass is 35.5. The topological polar surface area (TPSA) is 12.0 Å². The number of hydrogen-bond donors (Lipinski definition) is 1. The lowest BCUT2D eigenvalue weighted by Gasteiger charge is -2.30. The lowest BCUT2D eigenvalue weighted by atomic mass is 9.93. The van der Waals surface area contributed by atoms with Gasteiger partial charge in [0.25, 0.3) is 0 Å². The van der Waals surface area contributed by atoms with E-state index in [1.54, 1.807) is 0 Å². The Labute approximate surface area is 102 Å². The SMILES string of the molecule is Cl.FC(F)(F)c1cc(Cl)ccc1[C@H]1CCN1. The first-order chi connectivity index (χ1) is 6.98. The first-order valence-corrected chi connectivity index (χ1v) is 4.96. The van der Waals surface area contributed by atoms with Crippen LogP contribution in [0.1, 0.15) is 23.6 Å². The lowest BCUT2D eigenvalue weighted by Crippen LogP contribution is -2.36. The van der Waals surface area contributed by atoms with Crippen molar-refractivity contribution >= 4 is 24.0 Å². The second-order valence-corrected chi connectivity index (χ2v) is 3.96. The zero-order valence-electron chi connectivity index (χ0n) is 8.14. The summed E-state index contributed by atoms with van der Waals surface area (Å²) in [6.45, 7) is 0.768. The highest BCUT2D eigenvalue weighted by molar-refractivity contribution is 6.30. The van der Waals surface area contributed by atoms with Gasteiger partial charge in [-0.05, 0) is 30.7 Å². The van der Waals surface area contributed by atoms with Crippen molar-refractivity contribution in [2.45, 2.75) is 18.6 Å². The predicted molar refractivity (Wildman–Crippen MR) is 59.1 cm³/mol. The Morgan fingerprint density at radius 2 is 1.94 bits per heavy atom. The molecule has 0 spiro atoms. The average molecular weight is 272 g/mol. The molecular weight excluding hydrogens is 262 g/mol. The molecule has 16 heavy (non-hydrogen) atoms. The molecule has 0 bridgehead atoms. The molecule has 1 aliphatic rings. The second kappa shape index (κ2) is 4.82. The zero-order chi connectivity index (χ0) is 11.1. The summed E-state index contributed by atoms with van der Waals surface area (Å²) in [5.41, 5.74) is -0.342. The number of hydrogen-bond acceptors (Lipinski definition) is 1. The quantitative estimate of drug-likeness (QED) is 0.819. The van der Waals surface area contributed by atoms with Gasteiger partial charge in [-0.15, -0.1) is 12.4 Å². The number of rotatable bonds is 1. The van der Waals surface area contributed by atoms with Crippen LogP contribution >= 0.6 is 24.0 Å². The number of nitrogens with one attached hydrogen (secondary N) is 1. The smallest absolute Gasteiger partial charge is 0.310 e. The average Bonchev–Trinajstić information content (AvgIpc) is 2.03. The molecule has 0 saturated carbocycles. The van der Waals surface area contributed by atoms with Crippen LogP contribution in [0.2, 0.25) is 5.02 Å². The summed E-state index contributed by atoms with van der Waals surface area (Å²) < 4.78 is 38.0. The second-order valence-electron chi connectivity index (χ2n) is 3.52. The molecule has 0 aromatic heterocycles. The van der Waals surface area contributed by atoms with Crippen molar-refractivity contribution in [1.82, 2.24) is 5.32 Å². The Morgan fingerprint density at radius 3 is 2.38 bits per heavy atom. The number of halogens is 5. The van der Waals surface area contributed by atoms with Crippen LogP contribution in [0, 0.1) is 0 Å². The van der Waals surface area contributed by atoms with Gasteiger partial charge in [0.15, 0.2) is 0 Å². The summed E-state index contributed by atoms with van der Waals surface area (Å²) in [7, 11) is 0. The van der Waals surface area contributed by atoms with E-state index >= 15 is 0 Å². The van der Waals surface area contributed by atoms with Gasteiger partial charge in [0.1, 0.15) is 0 Å². The third kappa shape index (κ3) is 2.62. The lowest BCUT2D eigenvalue weighted by molar-refractivity contribution is -0.138. The standard InChI is InChI=1S/C10H9ClF3N.ClH/c11-6-1-2-7(9-3-4-15-9)8(5-6)10(12,13)14;/h1-2,5,9,15H,3-4H2;1H/t9-;/m1./s1. The Kier molecular flexibility index (Phi) is 4.10. The molecule has 0 aliphatic carbocycles. The van der Waals surface area contributed by atoms with Crippen molar-refractivity contribution < 1.29 is 13.2 Å². The van der Waals surface area contributed by atoms with Gasteiger partial charge < -0.3 is 5.32 Å². The van der Waals surface area contributed by atoms with Crippen molar-refractivity contribution in [2.24, 2.45) is 0 Å². The fraction of sp³-hybridized carbons (Fsp3) is 0.400. The minimum absolute atomic E-state index is 0. The van der Waals surface area contributed by atoms with E-state index in [1.807, 2.05) is 0 Å². The molecule has 0 radical (unpaired) electrons. The van der Waals surface area contributed by atoms with Crippen LogP contribution in [0.4, 0.5) is 13.2 Å². The van der Waals surface area contributed by atoms with Gasteiger partial charge in [-0.3, -0.25) is 0 Å². The molecule has 90 valence electrons. The molecule has 0 unspecified atom stereocenters. The normalized spacial score (nSPS) is 19.9. The molecule has 1 aromatic carbocycles. The van der Waals surface area contributed by atoms with Gasteiger partial charge in [0, 0.05) is 11.1 Å². The van der Waals surface area contributed by atoms with E-state index in [9.17, 15) is 13.2 Å². The van der Waals surface area contributed by atoms with Crippen molar-refractivity contribution in [3.63, 3.8) is 0 Å². The molecule has 1 saturated heterocycles. The van der Waals surface area contributed by atoms with Crippen molar-refractivity contribution in [1.29, 1.82) is 0 Å². The van der Waals surface area contributed by atoms with Crippen LogP contribution in [0.3, 0.4) is 0 Å². The minimum Gasteiger partial charge on any atom is -0.310 e. The molecule has 1 atom stereocenters. The monoisotopic (exact) mass is 271 g/mol. The molecule has 0 amide bonds. The van der Waals surface area contributed by atoms with Crippen molar-refractivity contribution in [3.8, 4) is 0 Å². The highest BCUT2D eigenvalue weighted by Crippen LogP contribution is 2.38. The largest absolute Gasteiger partial charge is 0.416 e. The summed E-state index contributed by atoms with van der Waals surface area (Å²) in [5.74, 6) is 0. The Balaban J connectivity index is 0.00000128. The maximum Gasteiger partial charge on any atom is 0.416 e. The first-order valence-electron chi connectivity index (χ1n) is 4.58. The van der Waals surface area contributed by atoms with Crippen LogP contribution in [-0.2, 0) is 6.18 Å². The Bertz CT molecular complexity index is 375. The Hall–Kier alpha value is -0.450. The van der Waals surface area contributed by atoms with Crippen molar-refractivity contribution in [3.05, 3.63) is 34.3 Å². The van der Waals surface area contributed by atoms with Crippen LogP contribution in [-0.4, -0.2) is 6.54 Å². The molecule has 1 aliphatic heterocycles. The molecule has 1 N–H and O–H groups in total. The van der Waals surface area contributed by atoms with Crippen LogP contribution < -0.4 is 5.32 Å². The molecule has 1 nitrogen and oxygen atoms in total. The fourth-order valence-corrected chi connectivity index (χ4v) is 1.80. The maximum absolute atomic E-state index is 12.7. The summed E-state index contributed by atoms with van der Waals surface area (Å²) in [4.78, 5) is 0. The van der Waals surface area contributed by atoms with E-state index in [0.717, 1.165) is 19.0 Å². The van der Waals surface area contributed by atoms with Gasteiger partial charge >= 0.3 is 6.18 Å². The van der Waals surface area contributed by atoms with Crippen LogP contribution in [0.15, 0.2) is 18.2 Å². The van der Waals surface area contributed by atoms with Gasteiger partial charge in [-0.2, -0.15) is 13.2 Å². The number of alkyl halides is 3. The van der Waals surface area contributed by atoms with Gasteiger partial charge in [0.2, 0.25) is 0 Å². The third-order valence-electron chi connectivity index (χ3n) is 2.52.